The maximum Gasteiger partial charge on any atom is 0.0434 e. The minimum Gasteiger partial charge on any atom is -0.396 e. The van der Waals surface area contributed by atoms with Gasteiger partial charge in [0.1, 0.15) is 0 Å². The predicted octanol–water partition coefficient (Wildman–Crippen LogP) is 2.46. The smallest absolute Gasteiger partial charge is 0.0434 e. The molecular formula is C13H21NO. The minimum atomic E-state index is 0.273. The van der Waals surface area contributed by atoms with Gasteiger partial charge in [0.2, 0.25) is 0 Å². The first-order valence-electron chi connectivity index (χ1n) is 5.76. The number of hydrogen-bond donors (Lipinski definition) is 1. The number of aryl methyl sites for hydroxylation is 1. The molecule has 0 unspecified atom stereocenters. The van der Waals surface area contributed by atoms with Crippen LogP contribution in [0.15, 0.2) is 24.3 Å². The third-order valence-corrected chi connectivity index (χ3v) is 2.66. The van der Waals surface area contributed by atoms with Gasteiger partial charge in [-0.15, -0.1) is 0 Å². The predicted molar refractivity (Wildman–Crippen MR) is 65.4 cm³/mol. The maximum atomic E-state index is 8.79. The monoisotopic (exact) mass is 207 g/mol. The number of rotatable bonds is 6. The lowest BCUT2D eigenvalue weighted by Gasteiger charge is -2.21. The molecular weight excluding hydrogens is 186 g/mol. The summed E-state index contributed by atoms with van der Waals surface area (Å²) in [6.07, 6.45) is 1.81. The van der Waals surface area contributed by atoms with Gasteiger partial charge in [-0.2, -0.15) is 0 Å². The normalized spacial score (nSPS) is 10.3. The van der Waals surface area contributed by atoms with Crippen LogP contribution >= 0.6 is 0 Å². The van der Waals surface area contributed by atoms with Gasteiger partial charge in [-0.3, -0.25) is 0 Å². The van der Waals surface area contributed by atoms with Gasteiger partial charge in [0.05, 0.1) is 0 Å². The Kier molecular flexibility index (Phi) is 5.19. The van der Waals surface area contributed by atoms with Crippen molar-refractivity contribution in [3.8, 4) is 0 Å². The fourth-order valence-electron chi connectivity index (χ4n) is 1.78. The first kappa shape index (κ1) is 12.1. The van der Waals surface area contributed by atoms with Gasteiger partial charge in [-0.1, -0.05) is 12.1 Å². The van der Waals surface area contributed by atoms with Crippen LogP contribution in [0.2, 0.25) is 0 Å². The molecule has 0 fully saturated rings. The summed E-state index contributed by atoms with van der Waals surface area (Å²) < 4.78 is 0. The summed E-state index contributed by atoms with van der Waals surface area (Å²) in [7, 11) is 0. The summed E-state index contributed by atoms with van der Waals surface area (Å²) >= 11 is 0. The van der Waals surface area contributed by atoms with Crippen LogP contribution in [-0.2, 0) is 6.42 Å². The van der Waals surface area contributed by atoms with Crippen molar-refractivity contribution in [1.82, 2.24) is 0 Å². The Hall–Kier alpha value is -1.02. The molecule has 1 rings (SSSR count). The maximum absolute atomic E-state index is 8.79. The Bertz CT molecular complexity index is 282. The van der Waals surface area contributed by atoms with E-state index in [9.17, 15) is 0 Å². The number of aliphatic hydroxyl groups is 1. The molecule has 1 aromatic rings. The summed E-state index contributed by atoms with van der Waals surface area (Å²) in [5, 5.41) is 8.79. The van der Waals surface area contributed by atoms with E-state index in [0.717, 1.165) is 25.9 Å². The van der Waals surface area contributed by atoms with Gasteiger partial charge < -0.3 is 10.0 Å². The fraction of sp³-hybridized carbons (Fsp3) is 0.538. The van der Waals surface area contributed by atoms with Gasteiger partial charge in [-0.05, 0) is 44.4 Å². The second kappa shape index (κ2) is 6.46. The highest BCUT2D eigenvalue weighted by Crippen LogP contribution is 2.16. The SMILES string of the molecule is CCN(CC)c1cccc(CCCO)c1. The average molecular weight is 207 g/mol. The molecule has 0 aliphatic carbocycles. The minimum absolute atomic E-state index is 0.273. The largest absolute Gasteiger partial charge is 0.396 e. The second-order valence-corrected chi connectivity index (χ2v) is 3.67. The molecule has 84 valence electrons. The molecule has 0 spiro atoms. The third kappa shape index (κ3) is 3.56. The van der Waals surface area contributed by atoms with Crippen molar-refractivity contribution in [2.45, 2.75) is 26.7 Å². The van der Waals surface area contributed by atoms with Crippen LogP contribution in [-0.4, -0.2) is 24.8 Å². The Balaban J connectivity index is 2.72. The molecule has 0 aromatic heterocycles. The van der Waals surface area contributed by atoms with E-state index in [-0.39, 0.29) is 6.61 Å². The molecule has 0 bridgehead atoms. The van der Waals surface area contributed by atoms with Gasteiger partial charge in [0, 0.05) is 25.4 Å². The lowest BCUT2D eigenvalue weighted by Crippen LogP contribution is -2.21. The van der Waals surface area contributed by atoms with E-state index in [4.69, 9.17) is 5.11 Å². The Labute approximate surface area is 92.5 Å². The van der Waals surface area contributed by atoms with Crippen molar-refractivity contribution < 1.29 is 5.11 Å². The Morgan fingerprint density at radius 3 is 2.53 bits per heavy atom. The van der Waals surface area contributed by atoms with Crippen molar-refractivity contribution in [2.75, 3.05) is 24.6 Å². The van der Waals surface area contributed by atoms with Crippen LogP contribution in [0.5, 0.6) is 0 Å². The molecule has 0 aliphatic heterocycles. The van der Waals surface area contributed by atoms with E-state index in [2.05, 4.69) is 43.0 Å². The van der Waals surface area contributed by atoms with Crippen LogP contribution in [0, 0.1) is 0 Å². The first-order valence-corrected chi connectivity index (χ1v) is 5.76. The van der Waals surface area contributed by atoms with E-state index in [0.29, 0.717) is 0 Å². The van der Waals surface area contributed by atoms with Crippen molar-refractivity contribution in [3.05, 3.63) is 29.8 Å². The number of benzene rings is 1. The van der Waals surface area contributed by atoms with Crippen LogP contribution < -0.4 is 4.90 Å². The van der Waals surface area contributed by atoms with Crippen molar-refractivity contribution in [3.63, 3.8) is 0 Å². The molecule has 0 aliphatic rings. The molecule has 0 atom stereocenters. The molecule has 1 aromatic carbocycles. The summed E-state index contributed by atoms with van der Waals surface area (Å²) in [5.74, 6) is 0. The Morgan fingerprint density at radius 1 is 1.20 bits per heavy atom. The molecule has 0 saturated heterocycles. The zero-order valence-corrected chi connectivity index (χ0v) is 9.74. The molecule has 1 N–H and O–H groups in total. The highest BCUT2D eigenvalue weighted by molar-refractivity contribution is 5.48. The molecule has 2 heteroatoms. The van der Waals surface area contributed by atoms with Crippen LogP contribution in [0.1, 0.15) is 25.8 Å². The lowest BCUT2D eigenvalue weighted by atomic mass is 10.1. The van der Waals surface area contributed by atoms with E-state index in [1.54, 1.807) is 0 Å². The number of anilines is 1. The second-order valence-electron chi connectivity index (χ2n) is 3.67. The molecule has 15 heavy (non-hydrogen) atoms. The summed E-state index contributed by atoms with van der Waals surface area (Å²) in [4.78, 5) is 2.34. The topological polar surface area (TPSA) is 23.5 Å². The zero-order valence-electron chi connectivity index (χ0n) is 9.74. The van der Waals surface area contributed by atoms with E-state index in [1.165, 1.54) is 11.3 Å². The number of aliphatic hydroxyl groups excluding tert-OH is 1. The van der Waals surface area contributed by atoms with Crippen LogP contribution in [0.3, 0.4) is 0 Å². The average Bonchev–Trinajstić information content (AvgIpc) is 2.29. The first-order chi connectivity index (χ1) is 7.31. The summed E-state index contributed by atoms with van der Waals surface area (Å²) in [6.45, 7) is 6.70. The molecule has 2 nitrogen and oxygen atoms in total. The fourth-order valence-corrected chi connectivity index (χ4v) is 1.78. The summed E-state index contributed by atoms with van der Waals surface area (Å²) in [5.41, 5.74) is 2.60. The number of hydrogen-bond acceptors (Lipinski definition) is 2. The van der Waals surface area contributed by atoms with Crippen molar-refractivity contribution >= 4 is 5.69 Å². The summed E-state index contributed by atoms with van der Waals surface area (Å²) in [6, 6.07) is 8.60. The van der Waals surface area contributed by atoms with Crippen LogP contribution in [0.25, 0.3) is 0 Å². The quantitative estimate of drug-likeness (QED) is 0.774. The van der Waals surface area contributed by atoms with E-state index >= 15 is 0 Å². The van der Waals surface area contributed by atoms with Gasteiger partial charge >= 0.3 is 0 Å². The number of nitrogens with zero attached hydrogens (tertiary/aromatic N) is 1. The van der Waals surface area contributed by atoms with E-state index < -0.39 is 0 Å². The molecule has 0 heterocycles. The molecule has 0 saturated carbocycles. The highest BCUT2D eigenvalue weighted by Gasteiger charge is 2.01. The lowest BCUT2D eigenvalue weighted by molar-refractivity contribution is 0.288. The standard InChI is InChI=1S/C13H21NO/c1-3-14(4-2)13-9-5-7-12(11-13)8-6-10-15/h5,7,9,11,15H,3-4,6,8,10H2,1-2H3. The third-order valence-electron chi connectivity index (χ3n) is 2.66. The molecule has 0 amide bonds. The van der Waals surface area contributed by atoms with Crippen LogP contribution in [0.4, 0.5) is 5.69 Å². The van der Waals surface area contributed by atoms with Gasteiger partial charge in [0.15, 0.2) is 0 Å². The van der Waals surface area contributed by atoms with Gasteiger partial charge in [-0.25, -0.2) is 0 Å². The van der Waals surface area contributed by atoms with E-state index in [1.807, 2.05) is 0 Å². The zero-order chi connectivity index (χ0) is 11.1. The van der Waals surface area contributed by atoms with Crippen molar-refractivity contribution in [1.29, 1.82) is 0 Å². The highest BCUT2D eigenvalue weighted by atomic mass is 16.2. The Morgan fingerprint density at radius 2 is 1.93 bits per heavy atom. The molecule has 0 radical (unpaired) electrons. The van der Waals surface area contributed by atoms with Gasteiger partial charge in [0.25, 0.3) is 0 Å². The van der Waals surface area contributed by atoms with Crippen molar-refractivity contribution in [2.24, 2.45) is 0 Å².